The fraction of sp³-hybridized carbons (Fsp3) is 0.233. The van der Waals surface area contributed by atoms with E-state index >= 15 is 0 Å². The number of hydrogen-bond acceptors (Lipinski definition) is 5. The van der Waals surface area contributed by atoms with Crippen molar-refractivity contribution in [2.24, 2.45) is 5.92 Å². The summed E-state index contributed by atoms with van der Waals surface area (Å²) >= 11 is 6.23. The predicted octanol–water partition coefficient (Wildman–Crippen LogP) is 6.97. The van der Waals surface area contributed by atoms with Gasteiger partial charge in [0.05, 0.1) is 11.3 Å². The second-order valence-electron chi connectivity index (χ2n) is 9.95. The fourth-order valence-corrected chi connectivity index (χ4v) is 5.13. The number of anilines is 1. The van der Waals surface area contributed by atoms with Gasteiger partial charge in [-0.25, -0.2) is 0 Å². The number of hydrogen-bond donors (Lipinski definition) is 2. The monoisotopic (exact) mass is 594 g/mol. The Kier molecular flexibility index (Phi) is 8.39. The van der Waals surface area contributed by atoms with Crippen LogP contribution in [0.3, 0.4) is 0 Å². The van der Waals surface area contributed by atoms with Crippen LogP contribution in [0, 0.1) is 5.92 Å². The van der Waals surface area contributed by atoms with Crippen molar-refractivity contribution < 1.29 is 22.8 Å². The molecule has 0 aliphatic heterocycles. The molecule has 1 amide bonds. The number of fused-ring (bicyclic) bond motifs is 1. The first-order valence-corrected chi connectivity index (χ1v) is 13.6. The molecule has 0 radical (unpaired) electrons. The van der Waals surface area contributed by atoms with Crippen LogP contribution in [-0.2, 0) is 19.1 Å². The van der Waals surface area contributed by atoms with Crippen LogP contribution in [0.15, 0.2) is 72.8 Å². The lowest BCUT2D eigenvalue weighted by Gasteiger charge is -2.18. The summed E-state index contributed by atoms with van der Waals surface area (Å²) in [6, 6.07) is 19.0. The average molecular weight is 595 g/mol. The van der Waals surface area contributed by atoms with E-state index < -0.39 is 17.6 Å². The van der Waals surface area contributed by atoms with Crippen molar-refractivity contribution in [3.8, 4) is 0 Å². The van der Waals surface area contributed by atoms with Gasteiger partial charge in [-0.2, -0.15) is 18.4 Å². The quantitative estimate of drug-likeness (QED) is 0.170. The maximum atomic E-state index is 14.1. The molecule has 5 rings (SSSR count). The molecule has 5 aromatic rings. The Bertz CT molecular complexity index is 1700. The minimum absolute atomic E-state index is 0.0608. The number of rotatable bonds is 10. The first-order chi connectivity index (χ1) is 20.1. The molecule has 2 heterocycles. The average Bonchev–Trinajstić information content (AvgIpc) is 3.60. The number of carbonyl (C=O) groups excluding carboxylic acids is 2. The molecule has 2 N–H and O–H groups in total. The van der Waals surface area contributed by atoms with Crippen LogP contribution in [0.4, 0.5) is 19.1 Å². The van der Waals surface area contributed by atoms with Crippen LogP contribution in [0.2, 0.25) is 5.02 Å². The van der Waals surface area contributed by atoms with Gasteiger partial charge < -0.3 is 4.57 Å². The van der Waals surface area contributed by atoms with Crippen molar-refractivity contribution in [3.05, 3.63) is 106 Å². The Morgan fingerprint density at radius 2 is 1.71 bits per heavy atom. The summed E-state index contributed by atoms with van der Waals surface area (Å²) in [6.07, 6.45) is -2.59. The number of nitrogens with one attached hydrogen (secondary N) is 2. The Morgan fingerprint density at radius 1 is 1.00 bits per heavy atom. The van der Waals surface area contributed by atoms with Crippen molar-refractivity contribution >= 4 is 40.1 Å². The molecule has 12 heteroatoms. The van der Waals surface area contributed by atoms with Gasteiger partial charge in [0.25, 0.3) is 11.9 Å². The van der Waals surface area contributed by atoms with Crippen LogP contribution in [0.25, 0.3) is 10.9 Å². The number of aromatic amines is 1. The van der Waals surface area contributed by atoms with Crippen LogP contribution in [-0.4, -0.2) is 36.9 Å². The highest BCUT2D eigenvalue weighted by Crippen LogP contribution is 2.31. The third-order valence-electron chi connectivity index (χ3n) is 7.01. The standard InChI is InChI=1S/C30H26ClF3N6O2/c1-2-3-21(14-18-4-8-20(9-5-18)28(42)35-29-36-38-39-37-29)27(41)26-16-22-15-24(31)12-13-25(22)40(26)17-19-6-10-23(11-7-19)30(32,33)34/h4-13,15-16,21H,2-3,14,17H2,1H3,(H2,35,36,37,38,39,42). The number of amides is 1. The Morgan fingerprint density at radius 3 is 2.36 bits per heavy atom. The Hall–Kier alpha value is -4.51. The molecule has 1 atom stereocenters. The van der Waals surface area contributed by atoms with Gasteiger partial charge >= 0.3 is 6.18 Å². The van der Waals surface area contributed by atoms with Gasteiger partial charge in [0.2, 0.25) is 0 Å². The number of nitrogens with zero attached hydrogens (tertiary/aromatic N) is 4. The molecule has 8 nitrogen and oxygen atoms in total. The zero-order valence-corrected chi connectivity index (χ0v) is 23.2. The molecule has 216 valence electrons. The van der Waals surface area contributed by atoms with Crippen molar-refractivity contribution in [2.75, 3.05) is 5.32 Å². The first kappa shape index (κ1) is 29.0. The maximum absolute atomic E-state index is 14.1. The van der Waals surface area contributed by atoms with Gasteiger partial charge in [-0.1, -0.05) is 54.3 Å². The number of halogens is 4. The molecule has 0 spiro atoms. The van der Waals surface area contributed by atoms with E-state index in [1.807, 2.05) is 17.6 Å². The van der Waals surface area contributed by atoms with Crippen LogP contribution >= 0.6 is 11.6 Å². The van der Waals surface area contributed by atoms with Crippen molar-refractivity contribution in [3.63, 3.8) is 0 Å². The summed E-state index contributed by atoms with van der Waals surface area (Å²) in [5, 5.41) is 16.9. The normalized spacial score (nSPS) is 12.4. The summed E-state index contributed by atoms with van der Waals surface area (Å²) in [7, 11) is 0. The van der Waals surface area contributed by atoms with E-state index in [1.165, 1.54) is 12.1 Å². The summed E-state index contributed by atoms with van der Waals surface area (Å²) in [6.45, 7) is 2.22. The maximum Gasteiger partial charge on any atom is 0.416 e. The van der Waals surface area contributed by atoms with Gasteiger partial charge in [-0.15, -0.1) is 5.10 Å². The van der Waals surface area contributed by atoms with E-state index in [-0.39, 0.29) is 24.2 Å². The zero-order chi connectivity index (χ0) is 29.9. The number of Topliss-reactive ketones (excluding diaryl/α,β-unsaturated/α-hetero) is 1. The second kappa shape index (κ2) is 12.2. The highest BCUT2D eigenvalue weighted by molar-refractivity contribution is 6.31. The molecule has 0 aliphatic carbocycles. The van der Waals surface area contributed by atoms with Gasteiger partial charge in [-0.05, 0) is 77.7 Å². The highest BCUT2D eigenvalue weighted by atomic mass is 35.5. The molecule has 0 fully saturated rings. The van der Waals surface area contributed by atoms with E-state index in [2.05, 4.69) is 25.9 Å². The number of aromatic nitrogens is 5. The summed E-state index contributed by atoms with van der Waals surface area (Å²) in [5.41, 5.74) is 2.40. The van der Waals surface area contributed by atoms with Crippen LogP contribution in [0.1, 0.15) is 57.3 Å². The lowest BCUT2D eigenvalue weighted by Crippen LogP contribution is -2.21. The summed E-state index contributed by atoms with van der Waals surface area (Å²) < 4.78 is 41.1. The smallest absolute Gasteiger partial charge is 0.334 e. The van der Waals surface area contributed by atoms with E-state index in [0.717, 1.165) is 35.0 Å². The van der Waals surface area contributed by atoms with Crippen molar-refractivity contribution in [2.45, 2.75) is 38.9 Å². The molecule has 0 saturated carbocycles. The minimum atomic E-state index is -4.43. The first-order valence-electron chi connectivity index (χ1n) is 13.2. The van der Waals surface area contributed by atoms with E-state index in [4.69, 9.17) is 11.6 Å². The molecule has 0 saturated heterocycles. The largest absolute Gasteiger partial charge is 0.416 e. The molecule has 0 aliphatic rings. The topological polar surface area (TPSA) is 106 Å². The third-order valence-corrected chi connectivity index (χ3v) is 7.25. The minimum Gasteiger partial charge on any atom is -0.334 e. The molecule has 42 heavy (non-hydrogen) atoms. The Labute approximate surface area is 243 Å². The van der Waals surface area contributed by atoms with Gasteiger partial charge in [0.1, 0.15) is 0 Å². The van der Waals surface area contributed by atoms with Gasteiger partial charge in [0, 0.05) is 34.0 Å². The number of tetrazole rings is 1. The van der Waals surface area contributed by atoms with E-state index in [1.54, 1.807) is 42.5 Å². The number of benzene rings is 3. The molecule has 3 aromatic carbocycles. The summed E-state index contributed by atoms with van der Waals surface area (Å²) in [5.74, 6) is -0.767. The molecule has 0 bridgehead atoms. The number of ketones is 1. The SMILES string of the molecule is CCCC(Cc1ccc(C(=O)Nc2nn[nH]n2)cc1)C(=O)c1cc2cc(Cl)ccc2n1Cc1ccc(C(F)(F)F)cc1. The molecular formula is C30H26ClF3N6O2. The highest BCUT2D eigenvalue weighted by Gasteiger charge is 2.30. The van der Waals surface area contributed by atoms with Crippen molar-refractivity contribution in [1.82, 2.24) is 25.2 Å². The van der Waals surface area contributed by atoms with E-state index in [0.29, 0.717) is 34.7 Å². The van der Waals surface area contributed by atoms with Gasteiger partial charge in [0.15, 0.2) is 5.78 Å². The predicted molar refractivity (Wildman–Crippen MR) is 152 cm³/mol. The van der Waals surface area contributed by atoms with Crippen LogP contribution < -0.4 is 5.32 Å². The summed E-state index contributed by atoms with van der Waals surface area (Å²) in [4.78, 5) is 26.5. The van der Waals surface area contributed by atoms with Crippen molar-refractivity contribution in [1.29, 1.82) is 0 Å². The molecule has 1 unspecified atom stereocenters. The lowest BCUT2D eigenvalue weighted by molar-refractivity contribution is -0.137. The zero-order valence-electron chi connectivity index (χ0n) is 22.5. The van der Waals surface area contributed by atoms with Crippen LogP contribution in [0.5, 0.6) is 0 Å². The second-order valence-corrected chi connectivity index (χ2v) is 10.4. The lowest BCUT2D eigenvalue weighted by atomic mass is 9.89. The Balaban J connectivity index is 1.41. The number of H-pyrrole nitrogens is 1. The number of alkyl halides is 3. The third kappa shape index (κ3) is 6.52. The fourth-order valence-electron chi connectivity index (χ4n) is 4.95. The number of carbonyl (C=O) groups is 2. The van der Waals surface area contributed by atoms with E-state index in [9.17, 15) is 22.8 Å². The van der Waals surface area contributed by atoms with Gasteiger partial charge in [-0.3, -0.25) is 14.9 Å². The molecule has 2 aromatic heterocycles. The molecular weight excluding hydrogens is 569 g/mol.